The standard InChI is InChI=1S/C27H28N2O/c1-2-3-8-18-13-14-26-22(15-18)24(27(30)29-26)17-20-16-23-21(11-7-12-25(23)28-20)19-9-5-4-6-10-19/h4-6,9-10,13-17,21,28H,2-3,7-8,11-12H2,1H3,(H,29,30). The van der Waals surface area contributed by atoms with E-state index in [9.17, 15) is 4.79 Å². The number of rotatable bonds is 5. The molecule has 1 atom stereocenters. The number of hydrogen-bond acceptors (Lipinski definition) is 1. The lowest BCUT2D eigenvalue weighted by atomic mass is 9.82. The maximum Gasteiger partial charge on any atom is 0.256 e. The van der Waals surface area contributed by atoms with Crippen molar-refractivity contribution in [2.75, 3.05) is 5.32 Å². The van der Waals surface area contributed by atoms with Crippen molar-refractivity contribution in [2.24, 2.45) is 0 Å². The summed E-state index contributed by atoms with van der Waals surface area (Å²) in [4.78, 5) is 16.3. The van der Waals surface area contributed by atoms with Crippen LogP contribution >= 0.6 is 0 Å². The van der Waals surface area contributed by atoms with Gasteiger partial charge in [-0.1, -0.05) is 49.7 Å². The molecule has 2 N–H and O–H groups in total. The monoisotopic (exact) mass is 396 g/mol. The fourth-order valence-corrected chi connectivity index (χ4v) is 4.87. The fraction of sp³-hybridized carbons (Fsp3) is 0.296. The number of aromatic amines is 1. The molecule has 1 amide bonds. The van der Waals surface area contributed by atoms with Gasteiger partial charge in [-0.05, 0) is 73.1 Å². The molecule has 3 heteroatoms. The van der Waals surface area contributed by atoms with Crippen molar-refractivity contribution < 1.29 is 4.79 Å². The second kappa shape index (κ2) is 7.98. The number of aryl methyl sites for hydroxylation is 2. The summed E-state index contributed by atoms with van der Waals surface area (Å²) in [5.74, 6) is 0.425. The van der Waals surface area contributed by atoms with E-state index >= 15 is 0 Å². The highest BCUT2D eigenvalue weighted by atomic mass is 16.2. The topological polar surface area (TPSA) is 44.9 Å². The Hall–Kier alpha value is -3.07. The molecule has 3 aromatic rings. The van der Waals surface area contributed by atoms with Crippen LogP contribution in [-0.2, 0) is 17.6 Å². The smallest absolute Gasteiger partial charge is 0.256 e. The van der Waals surface area contributed by atoms with Crippen LogP contribution in [0.2, 0.25) is 0 Å². The van der Waals surface area contributed by atoms with Crippen molar-refractivity contribution in [2.45, 2.75) is 51.4 Å². The van der Waals surface area contributed by atoms with Gasteiger partial charge in [-0.15, -0.1) is 0 Å². The number of H-pyrrole nitrogens is 1. The van der Waals surface area contributed by atoms with Crippen molar-refractivity contribution in [3.8, 4) is 0 Å². The second-order valence-electron chi connectivity index (χ2n) is 8.51. The molecule has 0 bridgehead atoms. The maximum atomic E-state index is 12.7. The highest BCUT2D eigenvalue weighted by Gasteiger charge is 2.27. The van der Waals surface area contributed by atoms with Gasteiger partial charge in [0, 0.05) is 28.6 Å². The van der Waals surface area contributed by atoms with Crippen molar-refractivity contribution in [3.63, 3.8) is 0 Å². The number of unbranched alkanes of at least 4 members (excludes halogenated alkanes) is 1. The molecule has 1 unspecified atom stereocenters. The van der Waals surface area contributed by atoms with Crippen LogP contribution in [0, 0.1) is 0 Å². The first-order valence-corrected chi connectivity index (χ1v) is 11.2. The van der Waals surface area contributed by atoms with Crippen molar-refractivity contribution in [1.29, 1.82) is 0 Å². The molecule has 152 valence electrons. The van der Waals surface area contributed by atoms with E-state index in [1.54, 1.807) is 0 Å². The molecule has 1 aliphatic heterocycles. The Kier molecular flexibility index (Phi) is 5.04. The summed E-state index contributed by atoms with van der Waals surface area (Å²) < 4.78 is 0. The van der Waals surface area contributed by atoms with Crippen LogP contribution in [0.3, 0.4) is 0 Å². The quantitative estimate of drug-likeness (QED) is 0.487. The Morgan fingerprint density at radius 2 is 1.97 bits per heavy atom. The summed E-state index contributed by atoms with van der Waals surface area (Å²) in [5, 5.41) is 3.03. The molecule has 5 rings (SSSR count). The van der Waals surface area contributed by atoms with Crippen LogP contribution in [0.1, 0.15) is 72.2 Å². The fourth-order valence-electron chi connectivity index (χ4n) is 4.87. The molecule has 0 fully saturated rings. The van der Waals surface area contributed by atoms with Gasteiger partial charge >= 0.3 is 0 Å². The van der Waals surface area contributed by atoms with Crippen molar-refractivity contribution in [1.82, 2.24) is 4.98 Å². The Morgan fingerprint density at radius 3 is 2.80 bits per heavy atom. The minimum Gasteiger partial charge on any atom is -0.359 e. The van der Waals surface area contributed by atoms with Gasteiger partial charge in [-0.2, -0.15) is 0 Å². The number of hydrogen-bond donors (Lipinski definition) is 2. The van der Waals surface area contributed by atoms with Crippen LogP contribution in [0.5, 0.6) is 0 Å². The summed E-state index contributed by atoms with van der Waals surface area (Å²) in [6.07, 6.45) is 8.87. The first-order chi connectivity index (χ1) is 14.7. The number of carbonyl (C=O) groups is 1. The third-order valence-electron chi connectivity index (χ3n) is 6.44. The number of nitrogens with one attached hydrogen (secondary N) is 2. The van der Waals surface area contributed by atoms with Gasteiger partial charge in [0.25, 0.3) is 5.91 Å². The number of amides is 1. The number of anilines is 1. The van der Waals surface area contributed by atoms with Gasteiger partial charge in [0.2, 0.25) is 0 Å². The van der Waals surface area contributed by atoms with Gasteiger partial charge in [-0.25, -0.2) is 0 Å². The molecule has 0 spiro atoms. The highest BCUT2D eigenvalue weighted by molar-refractivity contribution is 6.34. The molecule has 0 radical (unpaired) electrons. The van der Waals surface area contributed by atoms with E-state index < -0.39 is 0 Å². The molecule has 2 heterocycles. The van der Waals surface area contributed by atoms with E-state index in [-0.39, 0.29) is 5.91 Å². The van der Waals surface area contributed by atoms with Gasteiger partial charge in [0.05, 0.1) is 5.57 Å². The number of aromatic nitrogens is 1. The zero-order chi connectivity index (χ0) is 20.5. The lowest BCUT2D eigenvalue weighted by Crippen LogP contribution is -2.09. The predicted octanol–water partition coefficient (Wildman–Crippen LogP) is 6.32. The molecule has 2 aromatic carbocycles. The molecule has 0 saturated carbocycles. The molecule has 3 nitrogen and oxygen atoms in total. The van der Waals surface area contributed by atoms with E-state index in [0.29, 0.717) is 5.92 Å². The number of carbonyl (C=O) groups excluding carboxylic acids is 1. The van der Waals surface area contributed by atoms with E-state index in [4.69, 9.17) is 0 Å². The minimum atomic E-state index is -0.00942. The number of fused-ring (bicyclic) bond motifs is 2. The number of benzene rings is 2. The maximum absolute atomic E-state index is 12.7. The van der Waals surface area contributed by atoms with Gasteiger partial charge in [0.15, 0.2) is 0 Å². The van der Waals surface area contributed by atoms with Crippen LogP contribution in [-0.4, -0.2) is 10.9 Å². The van der Waals surface area contributed by atoms with Crippen molar-refractivity contribution >= 4 is 23.2 Å². The van der Waals surface area contributed by atoms with Crippen LogP contribution < -0.4 is 5.32 Å². The van der Waals surface area contributed by atoms with Crippen LogP contribution in [0.25, 0.3) is 11.6 Å². The highest BCUT2D eigenvalue weighted by Crippen LogP contribution is 2.39. The average molecular weight is 397 g/mol. The minimum absolute atomic E-state index is 0.00942. The molecule has 1 aliphatic carbocycles. The summed E-state index contributed by atoms with van der Waals surface area (Å²) in [6, 6.07) is 19.4. The Balaban J connectivity index is 1.50. The lowest BCUT2D eigenvalue weighted by molar-refractivity contribution is -0.110. The summed E-state index contributed by atoms with van der Waals surface area (Å²) in [7, 11) is 0. The van der Waals surface area contributed by atoms with E-state index in [0.717, 1.165) is 35.4 Å². The molecule has 30 heavy (non-hydrogen) atoms. The molecule has 0 saturated heterocycles. The first-order valence-electron chi connectivity index (χ1n) is 11.2. The largest absolute Gasteiger partial charge is 0.359 e. The second-order valence-corrected chi connectivity index (χ2v) is 8.51. The Morgan fingerprint density at radius 1 is 1.10 bits per heavy atom. The Labute approximate surface area is 178 Å². The van der Waals surface area contributed by atoms with Gasteiger partial charge < -0.3 is 10.3 Å². The third-order valence-corrected chi connectivity index (χ3v) is 6.44. The molecule has 1 aromatic heterocycles. The summed E-state index contributed by atoms with van der Waals surface area (Å²) in [6.45, 7) is 2.21. The van der Waals surface area contributed by atoms with Crippen molar-refractivity contribution in [3.05, 3.63) is 88.2 Å². The zero-order valence-electron chi connectivity index (χ0n) is 17.5. The SMILES string of the molecule is CCCCc1ccc2c(c1)C(=Cc1cc3c([nH]1)CCCC3c1ccccc1)C(=O)N2. The lowest BCUT2D eigenvalue weighted by Gasteiger charge is -2.22. The summed E-state index contributed by atoms with van der Waals surface area (Å²) >= 11 is 0. The van der Waals surface area contributed by atoms with E-state index in [1.165, 1.54) is 48.1 Å². The van der Waals surface area contributed by atoms with Gasteiger partial charge in [-0.3, -0.25) is 4.79 Å². The molecular weight excluding hydrogens is 368 g/mol. The third kappa shape index (κ3) is 3.49. The van der Waals surface area contributed by atoms with Crippen LogP contribution in [0.15, 0.2) is 54.6 Å². The average Bonchev–Trinajstić information content (AvgIpc) is 3.33. The molecule has 2 aliphatic rings. The predicted molar refractivity (Wildman–Crippen MR) is 124 cm³/mol. The molecular formula is C27H28N2O. The van der Waals surface area contributed by atoms with E-state index in [2.05, 4.69) is 65.8 Å². The normalized spacial score (nSPS) is 18.9. The zero-order valence-corrected chi connectivity index (χ0v) is 17.5. The summed E-state index contributed by atoms with van der Waals surface area (Å²) in [5.41, 5.74) is 9.12. The Bertz CT molecular complexity index is 1110. The van der Waals surface area contributed by atoms with Gasteiger partial charge in [0.1, 0.15) is 0 Å². The van der Waals surface area contributed by atoms with Crippen LogP contribution in [0.4, 0.5) is 5.69 Å². The first kappa shape index (κ1) is 18.9. The van der Waals surface area contributed by atoms with E-state index in [1.807, 2.05) is 12.1 Å².